The van der Waals surface area contributed by atoms with E-state index in [1.165, 1.54) is 11.1 Å². The van der Waals surface area contributed by atoms with Gasteiger partial charge in [0.25, 0.3) is 0 Å². The van der Waals surface area contributed by atoms with Crippen LogP contribution in [0, 0.1) is 13.8 Å². The normalized spacial score (nSPS) is 10.4. The van der Waals surface area contributed by atoms with Crippen LogP contribution in [0.3, 0.4) is 0 Å². The minimum atomic E-state index is 0.940. The maximum absolute atomic E-state index is 4.36. The van der Waals surface area contributed by atoms with E-state index in [9.17, 15) is 0 Å². The van der Waals surface area contributed by atoms with Crippen molar-refractivity contribution in [2.75, 3.05) is 11.9 Å². The summed E-state index contributed by atoms with van der Waals surface area (Å²) in [6.45, 7) is 5.07. The Balaban J connectivity index is 1.82. The molecule has 0 aliphatic heterocycles. The first-order valence-corrected chi connectivity index (χ1v) is 6.33. The lowest BCUT2D eigenvalue weighted by Crippen LogP contribution is -2.04. The molecule has 0 atom stereocenters. The molecule has 0 fully saturated rings. The predicted molar refractivity (Wildman–Crippen MR) is 70.2 cm³/mol. The van der Waals surface area contributed by atoms with E-state index < -0.39 is 0 Å². The van der Waals surface area contributed by atoms with Gasteiger partial charge in [-0.3, -0.25) is 0 Å². The van der Waals surface area contributed by atoms with Crippen LogP contribution >= 0.6 is 11.3 Å². The number of aryl methyl sites for hydroxylation is 2. The van der Waals surface area contributed by atoms with E-state index in [2.05, 4.69) is 46.9 Å². The van der Waals surface area contributed by atoms with Gasteiger partial charge in [-0.25, -0.2) is 4.98 Å². The third kappa shape index (κ3) is 3.07. The molecule has 16 heavy (non-hydrogen) atoms. The molecular formula is C13H16N2S. The van der Waals surface area contributed by atoms with Gasteiger partial charge in [0.15, 0.2) is 5.13 Å². The van der Waals surface area contributed by atoms with E-state index in [0.29, 0.717) is 0 Å². The fourth-order valence-corrected chi connectivity index (χ4v) is 2.22. The monoisotopic (exact) mass is 232 g/mol. The summed E-state index contributed by atoms with van der Waals surface area (Å²) in [4.78, 5) is 4.36. The molecule has 0 spiro atoms. The van der Waals surface area contributed by atoms with Crippen LogP contribution in [0.2, 0.25) is 0 Å². The van der Waals surface area contributed by atoms with Crippen molar-refractivity contribution >= 4 is 16.5 Å². The van der Waals surface area contributed by atoms with Crippen molar-refractivity contribution in [3.63, 3.8) is 0 Å². The SMILES string of the molecule is Cc1ccc(CCNc2nc(C)cs2)cc1. The Labute approximate surface area is 100 Å². The lowest BCUT2D eigenvalue weighted by atomic mass is 10.1. The summed E-state index contributed by atoms with van der Waals surface area (Å²) in [6.07, 6.45) is 1.04. The van der Waals surface area contributed by atoms with Crippen molar-refractivity contribution in [2.24, 2.45) is 0 Å². The molecule has 84 valence electrons. The van der Waals surface area contributed by atoms with Crippen molar-refractivity contribution in [3.05, 3.63) is 46.5 Å². The van der Waals surface area contributed by atoms with Crippen LogP contribution in [0.15, 0.2) is 29.6 Å². The third-order valence-corrected chi connectivity index (χ3v) is 3.35. The van der Waals surface area contributed by atoms with Gasteiger partial charge in [0.05, 0.1) is 5.69 Å². The first kappa shape index (κ1) is 11.1. The van der Waals surface area contributed by atoms with Crippen molar-refractivity contribution in [3.8, 4) is 0 Å². The summed E-state index contributed by atoms with van der Waals surface area (Å²) < 4.78 is 0. The average molecular weight is 232 g/mol. The molecule has 0 aliphatic carbocycles. The molecule has 2 aromatic rings. The van der Waals surface area contributed by atoms with Gasteiger partial charge in [0.1, 0.15) is 0 Å². The van der Waals surface area contributed by atoms with Gasteiger partial charge in [-0.05, 0) is 25.8 Å². The van der Waals surface area contributed by atoms with Crippen LogP contribution < -0.4 is 5.32 Å². The molecule has 1 heterocycles. The molecule has 3 heteroatoms. The quantitative estimate of drug-likeness (QED) is 0.873. The number of nitrogens with one attached hydrogen (secondary N) is 1. The van der Waals surface area contributed by atoms with E-state index in [1.807, 2.05) is 6.92 Å². The van der Waals surface area contributed by atoms with Crippen LogP contribution in [-0.4, -0.2) is 11.5 Å². The maximum Gasteiger partial charge on any atom is 0.182 e. The molecule has 0 bridgehead atoms. The molecule has 0 saturated heterocycles. The van der Waals surface area contributed by atoms with Gasteiger partial charge < -0.3 is 5.32 Å². The van der Waals surface area contributed by atoms with Gasteiger partial charge in [-0.15, -0.1) is 11.3 Å². The van der Waals surface area contributed by atoms with E-state index in [4.69, 9.17) is 0 Å². The number of nitrogens with zero attached hydrogens (tertiary/aromatic N) is 1. The Hall–Kier alpha value is -1.35. The van der Waals surface area contributed by atoms with E-state index in [0.717, 1.165) is 23.8 Å². The molecule has 0 aliphatic rings. The van der Waals surface area contributed by atoms with Crippen LogP contribution in [-0.2, 0) is 6.42 Å². The summed E-state index contributed by atoms with van der Waals surface area (Å²) in [5.74, 6) is 0. The summed E-state index contributed by atoms with van der Waals surface area (Å²) in [7, 11) is 0. The number of benzene rings is 1. The third-order valence-electron chi connectivity index (χ3n) is 2.43. The minimum Gasteiger partial charge on any atom is -0.361 e. The molecule has 0 radical (unpaired) electrons. The van der Waals surface area contributed by atoms with Gasteiger partial charge in [0, 0.05) is 11.9 Å². The highest BCUT2D eigenvalue weighted by Gasteiger charge is 1.97. The van der Waals surface area contributed by atoms with Crippen molar-refractivity contribution in [2.45, 2.75) is 20.3 Å². The average Bonchev–Trinajstić information content (AvgIpc) is 2.67. The van der Waals surface area contributed by atoms with E-state index in [1.54, 1.807) is 11.3 Å². The lowest BCUT2D eigenvalue weighted by molar-refractivity contribution is 1.01. The van der Waals surface area contributed by atoms with Crippen molar-refractivity contribution in [1.82, 2.24) is 4.98 Å². The Morgan fingerprint density at radius 3 is 2.56 bits per heavy atom. The van der Waals surface area contributed by atoms with Gasteiger partial charge in [0.2, 0.25) is 0 Å². The number of aromatic nitrogens is 1. The highest BCUT2D eigenvalue weighted by molar-refractivity contribution is 7.13. The number of hydrogen-bond acceptors (Lipinski definition) is 3. The predicted octanol–water partition coefficient (Wildman–Crippen LogP) is 3.41. The van der Waals surface area contributed by atoms with Crippen LogP contribution in [0.4, 0.5) is 5.13 Å². The number of thiazole rings is 1. The first-order chi connectivity index (χ1) is 7.74. The molecule has 1 aromatic carbocycles. The Morgan fingerprint density at radius 1 is 1.19 bits per heavy atom. The molecule has 0 unspecified atom stereocenters. The number of hydrogen-bond donors (Lipinski definition) is 1. The van der Waals surface area contributed by atoms with E-state index in [-0.39, 0.29) is 0 Å². The smallest absolute Gasteiger partial charge is 0.182 e. The molecule has 1 aromatic heterocycles. The second kappa shape index (κ2) is 5.12. The topological polar surface area (TPSA) is 24.9 Å². The highest BCUT2D eigenvalue weighted by Crippen LogP contribution is 2.14. The molecular weight excluding hydrogens is 216 g/mol. The molecule has 2 nitrogen and oxygen atoms in total. The van der Waals surface area contributed by atoms with Crippen molar-refractivity contribution < 1.29 is 0 Å². The largest absolute Gasteiger partial charge is 0.361 e. The lowest BCUT2D eigenvalue weighted by Gasteiger charge is -2.03. The van der Waals surface area contributed by atoms with Crippen LogP contribution in [0.25, 0.3) is 0 Å². The fourth-order valence-electron chi connectivity index (χ4n) is 1.50. The Bertz CT molecular complexity index is 445. The second-order valence-electron chi connectivity index (χ2n) is 3.96. The molecule has 2 rings (SSSR count). The minimum absolute atomic E-state index is 0.940. The van der Waals surface area contributed by atoms with Crippen molar-refractivity contribution in [1.29, 1.82) is 0 Å². The van der Waals surface area contributed by atoms with Crippen LogP contribution in [0.1, 0.15) is 16.8 Å². The maximum atomic E-state index is 4.36. The zero-order chi connectivity index (χ0) is 11.4. The highest BCUT2D eigenvalue weighted by atomic mass is 32.1. The zero-order valence-electron chi connectivity index (χ0n) is 9.66. The summed E-state index contributed by atoms with van der Waals surface area (Å²) in [5, 5.41) is 6.42. The summed E-state index contributed by atoms with van der Waals surface area (Å²) in [5.41, 5.74) is 3.77. The number of anilines is 1. The first-order valence-electron chi connectivity index (χ1n) is 5.45. The van der Waals surface area contributed by atoms with Gasteiger partial charge in [-0.1, -0.05) is 29.8 Å². The molecule has 1 N–H and O–H groups in total. The summed E-state index contributed by atoms with van der Waals surface area (Å²) in [6, 6.07) is 8.68. The Morgan fingerprint density at radius 2 is 1.94 bits per heavy atom. The fraction of sp³-hybridized carbons (Fsp3) is 0.308. The second-order valence-corrected chi connectivity index (χ2v) is 4.81. The standard InChI is InChI=1S/C13H16N2S/c1-10-3-5-12(6-4-10)7-8-14-13-15-11(2)9-16-13/h3-6,9H,7-8H2,1-2H3,(H,14,15). The van der Waals surface area contributed by atoms with Gasteiger partial charge in [-0.2, -0.15) is 0 Å². The summed E-state index contributed by atoms with van der Waals surface area (Å²) >= 11 is 1.66. The Kier molecular flexibility index (Phi) is 3.57. The van der Waals surface area contributed by atoms with Gasteiger partial charge >= 0.3 is 0 Å². The number of rotatable bonds is 4. The molecule has 0 saturated carbocycles. The van der Waals surface area contributed by atoms with Crippen LogP contribution in [0.5, 0.6) is 0 Å². The molecule has 0 amide bonds. The van der Waals surface area contributed by atoms with E-state index >= 15 is 0 Å². The zero-order valence-corrected chi connectivity index (χ0v) is 10.5.